The van der Waals surface area contributed by atoms with Crippen molar-refractivity contribution in [1.29, 1.82) is 5.41 Å². The average Bonchev–Trinajstić information content (AvgIpc) is 2.81. The Balaban J connectivity index is 1.66. The summed E-state index contributed by atoms with van der Waals surface area (Å²) in [7, 11) is -4.58. The third kappa shape index (κ3) is 5.45. The first-order valence-corrected chi connectivity index (χ1v) is 12.2. The van der Waals surface area contributed by atoms with Crippen LogP contribution in [0.3, 0.4) is 0 Å². The maximum atomic E-state index is 13.1. The third-order valence-electron chi connectivity index (χ3n) is 5.28. The number of benzene rings is 3. The maximum Gasteiger partial charge on any atom is 0.343 e. The van der Waals surface area contributed by atoms with Gasteiger partial charge in [0.05, 0.1) is 23.4 Å². The molecule has 3 aromatic rings. The third-order valence-corrected chi connectivity index (χ3v) is 6.19. The topological polar surface area (TPSA) is 181 Å². The van der Waals surface area contributed by atoms with Gasteiger partial charge in [0.15, 0.2) is 17.5 Å². The van der Waals surface area contributed by atoms with Crippen LogP contribution in [-0.4, -0.2) is 37.4 Å². The van der Waals surface area contributed by atoms with E-state index in [1.165, 1.54) is 36.4 Å². The van der Waals surface area contributed by atoms with E-state index in [2.05, 4.69) is 10.6 Å². The molecule has 0 aromatic heterocycles. The van der Waals surface area contributed by atoms with Gasteiger partial charge in [0.25, 0.3) is 16.0 Å². The molecule has 186 valence electrons. The van der Waals surface area contributed by atoms with Gasteiger partial charge in [-0.2, -0.15) is 8.42 Å². The van der Waals surface area contributed by atoms with Crippen molar-refractivity contribution in [2.24, 2.45) is 5.73 Å². The summed E-state index contributed by atoms with van der Waals surface area (Å²) in [6.07, 6.45) is 0.939. The lowest BCUT2D eigenvalue weighted by Gasteiger charge is -2.19. The summed E-state index contributed by atoms with van der Waals surface area (Å²) >= 11 is 0. The van der Waals surface area contributed by atoms with Crippen molar-refractivity contribution < 1.29 is 32.0 Å². The average molecular weight is 511 g/mol. The van der Waals surface area contributed by atoms with E-state index in [4.69, 9.17) is 20.6 Å². The molecule has 1 aliphatic heterocycles. The van der Waals surface area contributed by atoms with Crippen LogP contribution in [0.5, 0.6) is 11.5 Å². The van der Waals surface area contributed by atoms with Gasteiger partial charge in [-0.1, -0.05) is 18.2 Å². The van der Waals surface area contributed by atoms with Crippen LogP contribution in [0.15, 0.2) is 65.6 Å². The quantitative estimate of drug-likeness (QED) is 0.116. The van der Waals surface area contributed by atoms with E-state index in [1.54, 1.807) is 18.2 Å². The molecule has 0 saturated carbocycles. The standard InChI is InChI=1S/C24H22N4O7S/c25-24(26)27-15-10-11-16-14(13-15)5-4-12-34-21-17(6-3-8-19(21)35-23(16)30)22(29)28-18-7-1-2-9-20(18)36(31,32)33/h1-3,6-11,13H,4-5,12H2,(H,28,29)(H4,25,26,27)(H,31,32,33). The van der Waals surface area contributed by atoms with Gasteiger partial charge < -0.3 is 25.8 Å². The highest BCUT2D eigenvalue weighted by Gasteiger charge is 2.24. The van der Waals surface area contributed by atoms with E-state index in [0.717, 1.165) is 6.07 Å². The summed E-state index contributed by atoms with van der Waals surface area (Å²) in [6, 6.07) is 14.7. The number of anilines is 2. The predicted molar refractivity (Wildman–Crippen MR) is 131 cm³/mol. The number of aryl methyl sites for hydroxylation is 1. The predicted octanol–water partition coefficient (Wildman–Crippen LogP) is 3.04. The van der Waals surface area contributed by atoms with Gasteiger partial charge in [-0.25, -0.2) is 4.79 Å². The van der Waals surface area contributed by atoms with Crippen LogP contribution in [0.25, 0.3) is 0 Å². The molecule has 4 rings (SSSR count). The van der Waals surface area contributed by atoms with Gasteiger partial charge in [-0.3, -0.25) is 14.8 Å². The number of amides is 1. The Morgan fingerprint density at radius 1 is 1.06 bits per heavy atom. The minimum absolute atomic E-state index is 0.00671. The van der Waals surface area contributed by atoms with Crippen LogP contribution in [0.2, 0.25) is 0 Å². The number of rotatable bonds is 4. The van der Waals surface area contributed by atoms with Crippen LogP contribution < -0.4 is 25.8 Å². The molecule has 1 heterocycles. The number of ether oxygens (including phenoxy) is 2. The molecule has 0 fully saturated rings. The van der Waals surface area contributed by atoms with E-state index < -0.39 is 26.9 Å². The van der Waals surface area contributed by atoms with Crippen molar-refractivity contribution in [1.82, 2.24) is 0 Å². The second-order valence-electron chi connectivity index (χ2n) is 7.81. The fraction of sp³-hybridized carbons (Fsp3) is 0.125. The van der Waals surface area contributed by atoms with Crippen molar-refractivity contribution in [3.63, 3.8) is 0 Å². The fourth-order valence-electron chi connectivity index (χ4n) is 3.73. The number of nitrogens with two attached hydrogens (primary N) is 1. The van der Waals surface area contributed by atoms with Crippen molar-refractivity contribution in [3.05, 3.63) is 77.4 Å². The Morgan fingerprint density at radius 2 is 1.83 bits per heavy atom. The molecule has 0 unspecified atom stereocenters. The van der Waals surface area contributed by atoms with E-state index in [9.17, 15) is 22.6 Å². The Kier molecular flexibility index (Phi) is 6.90. The summed E-state index contributed by atoms with van der Waals surface area (Å²) in [5.74, 6) is -1.60. The minimum atomic E-state index is -4.58. The normalized spacial score (nSPS) is 13.3. The second-order valence-corrected chi connectivity index (χ2v) is 9.20. The van der Waals surface area contributed by atoms with Crippen LogP contribution in [-0.2, 0) is 16.5 Å². The molecule has 0 bridgehead atoms. The summed E-state index contributed by atoms with van der Waals surface area (Å²) in [6.45, 7) is 0.181. The molecule has 0 aliphatic carbocycles. The first kappa shape index (κ1) is 24.7. The highest BCUT2D eigenvalue weighted by Crippen LogP contribution is 2.34. The van der Waals surface area contributed by atoms with Crippen LogP contribution in [0.1, 0.15) is 32.7 Å². The Labute approximate surface area is 206 Å². The molecule has 1 aliphatic rings. The minimum Gasteiger partial charge on any atom is -0.489 e. The van der Waals surface area contributed by atoms with E-state index in [0.29, 0.717) is 29.7 Å². The zero-order chi connectivity index (χ0) is 25.9. The highest BCUT2D eigenvalue weighted by atomic mass is 32.2. The number of nitrogens with one attached hydrogen (secondary N) is 3. The summed E-state index contributed by atoms with van der Waals surface area (Å²) in [4.78, 5) is 25.6. The van der Waals surface area contributed by atoms with E-state index in [1.807, 2.05) is 0 Å². The number of carbonyl (C=O) groups is 2. The molecular weight excluding hydrogens is 488 g/mol. The molecular formula is C24H22N4O7S. The Hall–Kier alpha value is -4.42. The molecule has 12 heteroatoms. The number of para-hydroxylation sites is 2. The number of carbonyl (C=O) groups excluding carboxylic acids is 2. The van der Waals surface area contributed by atoms with Crippen molar-refractivity contribution in [2.45, 2.75) is 17.7 Å². The Bertz CT molecular complexity index is 1470. The van der Waals surface area contributed by atoms with Crippen molar-refractivity contribution in [3.8, 4) is 11.5 Å². The van der Waals surface area contributed by atoms with E-state index in [-0.39, 0.29) is 35.3 Å². The highest BCUT2D eigenvalue weighted by molar-refractivity contribution is 7.86. The zero-order valence-electron chi connectivity index (χ0n) is 18.8. The molecule has 11 nitrogen and oxygen atoms in total. The molecule has 0 atom stereocenters. The van der Waals surface area contributed by atoms with E-state index >= 15 is 0 Å². The number of guanidine groups is 1. The van der Waals surface area contributed by atoms with Crippen molar-refractivity contribution in [2.75, 3.05) is 17.2 Å². The lowest BCUT2D eigenvalue weighted by Crippen LogP contribution is -2.21. The summed E-state index contributed by atoms with van der Waals surface area (Å²) in [5, 5.41) is 12.5. The van der Waals surface area contributed by atoms with Crippen LogP contribution >= 0.6 is 0 Å². The lowest BCUT2D eigenvalue weighted by molar-refractivity contribution is 0.0723. The largest absolute Gasteiger partial charge is 0.489 e. The molecule has 0 saturated heterocycles. The smallest absolute Gasteiger partial charge is 0.343 e. The number of fused-ring (bicyclic) bond motifs is 2. The summed E-state index contributed by atoms with van der Waals surface area (Å²) < 4.78 is 44.2. The monoisotopic (exact) mass is 510 g/mol. The van der Waals surface area contributed by atoms with Gasteiger partial charge in [0, 0.05) is 5.69 Å². The number of hydrogen-bond donors (Lipinski definition) is 5. The van der Waals surface area contributed by atoms with Crippen molar-refractivity contribution >= 4 is 39.3 Å². The van der Waals surface area contributed by atoms with Gasteiger partial charge in [0.1, 0.15) is 4.90 Å². The first-order chi connectivity index (χ1) is 17.1. The first-order valence-electron chi connectivity index (χ1n) is 10.7. The van der Waals surface area contributed by atoms with Gasteiger partial charge >= 0.3 is 5.97 Å². The van der Waals surface area contributed by atoms with Gasteiger partial charge in [-0.15, -0.1) is 0 Å². The zero-order valence-corrected chi connectivity index (χ0v) is 19.6. The van der Waals surface area contributed by atoms with Gasteiger partial charge in [-0.05, 0) is 60.9 Å². The molecule has 1 amide bonds. The molecule has 36 heavy (non-hydrogen) atoms. The van der Waals surface area contributed by atoms with Crippen LogP contribution in [0, 0.1) is 5.41 Å². The molecule has 3 aromatic carbocycles. The summed E-state index contributed by atoms with van der Waals surface area (Å²) in [5.41, 5.74) is 6.81. The molecule has 0 radical (unpaired) electrons. The lowest BCUT2D eigenvalue weighted by atomic mass is 10.0. The van der Waals surface area contributed by atoms with Gasteiger partial charge in [0.2, 0.25) is 0 Å². The fourth-order valence-corrected chi connectivity index (χ4v) is 4.38. The van der Waals surface area contributed by atoms with Crippen LogP contribution in [0.4, 0.5) is 11.4 Å². The maximum absolute atomic E-state index is 13.1. The SMILES string of the molecule is N=C(N)Nc1ccc2c(c1)CCCOc1c(cccc1C(=O)Nc1ccccc1S(=O)(=O)O)OC2=O. The molecule has 6 N–H and O–H groups in total. The molecule has 0 spiro atoms. The number of hydrogen-bond acceptors (Lipinski definition) is 7. The number of esters is 1. The second kappa shape index (κ2) is 10.1. The Morgan fingerprint density at radius 3 is 2.58 bits per heavy atom.